The minimum Gasteiger partial charge on any atom is -0.481 e. The van der Waals surface area contributed by atoms with Gasteiger partial charge in [0.1, 0.15) is 5.75 Å². The molecule has 2 aliphatic rings. The first-order chi connectivity index (χ1) is 15.9. The Kier molecular flexibility index (Phi) is 5.76. The van der Waals surface area contributed by atoms with Gasteiger partial charge in [-0.15, -0.1) is 0 Å². The van der Waals surface area contributed by atoms with Crippen LogP contribution >= 0.6 is 31.9 Å². The average molecular weight is 575 g/mol. The predicted molar refractivity (Wildman–Crippen MR) is 127 cm³/mol. The van der Waals surface area contributed by atoms with E-state index in [0.717, 1.165) is 10.0 Å². The summed E-state index contributed by atoms with van der Waals surface area (Å²) in [6.45, 7) is 2.06. The van der Waals surface area contributed by atoms with Gasteiger partial charge < -0.3 is 18.9 Å². The number of nitrogens with one attached hydrogen (secondary N) is 1. The molecule has 0 aromatic heterocycles. The molecule has 7 nitrogen and oxygen atoms in total. The summed E-state index contributed by atoms with van der Waals surface area (Å²) in [6.07, 6.45) is -2.84. The molecule has 0 radical (unpaired) electrons. The molecule has 1 N–H and O–H groups in total. The van der Waals surface area contributed by atoms with E-state index in [9.17, 15) is 9.59 Å². The zero-order valence-electron chi connectivity index (χ0n) is 17.3. The van der Waals surface area contributed by atoms with Crippen LogP contribution in [0.4, 0.5) is 10.5 Å². The number of ether oxygens (including phenoxy) is 4. The number of carbonyl (C=O) groups excluding carboxylic acids is 2. The molecule has 3 aromatic carbocycles. The van der Waals surface area contributed by atoms with Gasteiger partial charge >= 0.3 is 6.09 Å². The van der Waals surface area contributed by atoms with Crippen molar-refractivity contribution in [2.75, 3.05) is 12.1 Å². The van der Waals surface area contributed by atoms with Crippen molar-refractivity contribution in [3.05, 3.63) is 80.2 Å². The van der Waals surface area contributed by atoms with Gasteiger partial charge in [0.05, 0.1) is 5.56 Å². The van der Waals surface area contributed by atoms with E-state index in [4.69, 9.17) is 18.9 Å². The van der Waals surface area contributed by atoms with E-state index in [2.05, 4.69) is 37.2 Å². The molecule has 9 heteroatoms. The third-order valence-electron chi connectivity index (χ3n) is 5.37. The third kappa shape index (κ3) is 4.30. The van der Waals surface area contributed by atoms with Gasteiger partial charge in [-0.3, -0.25) is 10.1 Å². The molecule has 0 aliphatic carbocycles. The summed E-state index contributed by atoms with van der Waals surface area (Å²) in [5.74, 6) is 1.19. The zero-order chi connectivity index (χ0) is 23.1. The Labute approximate surface area is 206 Å². The standard InChI is InChI=1S/C24H17Br2NO6/c1-12-2-5-15(10-17(12)26)27-24(29)33-23-21(28)16-9-14(25)4-7-18(16)32-22(23)13-3-6-19-20(8-13)31-11-30-19/h2-10,22-23H,11H2,1H3,(H,27,29)/t22-,23+/m0/s1. The summed E-state index contributed by atoms with van der Waals surface area (Å²) in [6, 6.07) is 15.7. The number of aryl methyl sites for hydroxylation is 1. The highest BCUT2D eigenvalue weighted by atomic mass is 79.9. The normalized spacial score (nSPS) is 18.3. The molecular weight excluding hydrogens is 558 g/mol. The molecule has 5 rings (SSSR count). The lowest BCUT2D eigenvalue weighted by Crippen LogP contribution is -2.40. The molecular formula is C24H17Br2NO6. The maximum absolute atomic E-state index is 13.4. The number of hydrogen-bond donors (Lipinski definition) is 1. The molecule has 33 heavy (non-hydrogen) atoms. The van der Waals surface area contributed by atoms with Crippen LogP contribution in [-0.2, 0) is 4.74 Å². The van der Waals surface area contributed by atoms with Crippen molar-refractivity contribution >= 4 is 49.4 Å². The molecule has 2 atom stereocenters. The third-order valence-corrected chi connectivity index (χ3v) is 6.72. The van der Waals surface area contributed by atoms with Crippen molar-refractivity contribution < 1.29 is 28.5 Å². The van der Waals surface area contributed by atoms with Gasteiger partial charge in [-0.1, -0.05) is 44.0 Å². The largest absolute Gasteiger partial charge is 0.481 e. The lowest BCUT2D eigenvalue weighted by molar-refractivity contribution is 0.0132. The minimum atomic E-state index is -1.21. The number of fused-ring (bicyclic) bond motifs is 2. The molecule has 0 bridgehead atoms. The second-order valence-electron chi connectivity index (χ2n) is 7.57. The monoisotopic (exact) mass is 573 g/mol. The van der Waals surface area contributed by atoms with Crippen LogP contribution in [0, 0.1) is 6.92 Å². The molecule has 0 spiro atoms. The molecule has 1 amide bonds. The molecule has 2 aliphatic heterocycles. The van der Waals surface area contributed by atoms with Gasteiger partial charge in [0.2, 0.25) is 18.7 Å². The fraction of sp³-hybridized carbons (Fsp3) is 0.167. The number of anilines is 1. The van der Waals surface area contributed by atoms with Crippen LogP contribution in [0.15, 0.2) is 63.5 Å². The predicted octanol–water partition coefficient (Wildman–Crippen LogP) is 6.18. The second kappa shape index (κ2) is 8.72. The minimum absolute atomic E-state index is 0.120. The Morgan fingerprint density at radius 1 is 1.00 bits per heavy atom. The first-order valence-electron chi connectivity index (χ1n) is 10.0. The Balaban J connectivity index is 1.46. The van der Waals surface area contributed by atoms with Gasteiger partial charge in [-0.2, -0.15) is 0 Å². The summed E-state index contributed by atoms with van der Waals surface area (Å²) < 4.78 is 24.2. The van der Waals surface area contributed by atoms with Crippen LogP contribution < -0.4 is 19.5 Å². The molecule has 0 saturated heterocycles. The average Bonchev–Trinajstić information content (AvgIpc) is 3.26. The summed E-state index contributed by atoms with van der Waals surface area (Å²) in [4.78, 5) is 26.2. The summed E-state index contributed by atoms with van der Waals surface area (Å²) in [5.41, 5.74) is 2.51. The fourth-order valence-electron chi connectivity index (χ4n) is 3.67. The topological polar surface area (TPSA) is 83.1 Å². The van der Waals surface area contributed by atoms with Gasteiger partial charge in [0.15, 0.2) is 17.6 Å². The first kappa shape index (κ1) is 21.8. The number of benzene rings is 3. The van der Waals surface area contributed by atoms with Gasteiger partial charge in [-0.25, -0.2) is 4.79 Å². The quantitative estimate of drug-likeness (QED) is 0.402. The number of rotatable bonds is 3. The maximum Gasteiger partial charge on any atom is 0.412 e. The Morgan fingerprint density at radius 3 is 2.61 bits per heavy atom. The number of ketones is 1. The van der Waals surface area contributed by atoms with Crippen LogP contribution in [0.3, 0.4) is 0 Å². The van der Waals surface area contributed by atoms with Crippen LogP contribution in [0.25, 0.3) is 0 Å². The smallest absolute Gasteiger partial charge is 0.412 e. The van der Waals surface area contributed by atoms with E-state index in [-0.39, 0.29) is 12.6 Å². The number of Topliss-reactive ketones (excluding diaryl/α,β-unsaturated/α-hetero) is 1. The molecule has 3 aromatic rings. The van der Waals surface area contributed by atoms with Crippen molar-refractivity contribution in [1.29, 1.82) is 0 Å². The van der Waals surface area contributed by atoms with Crippen molar-refractivity contribution in [3.63, 3.8) is 0 Å². The maximum atomic E-state index is 13.4. The lowest BCUT2D eigenvalue weighted by Gasteiger charge is -2.32. The molecule has 168 valence electrons. The van der Waals surface area contributed by atoms with Crippen molar-refractivity contribution in [1.82, 2.24) is 0 Å². The number of hydrogen-bond acceptors (Lipinski definition) is 6. The number of amides is 1. The molecule has 2 heterocycles. The Bertz CT molecular complexity index is 1280. The summed E-state index contributed by atoms with van der Waals surface area (Å²) >= 11 is 6.82. The van der Waals surface area contributed by atoms with E-state index in [1.165, 1.54) is 0 Å². The van der Waals surface area contributed by atoms with E-state index in [1.807, 2.05) is 13.0 Å². The number of carbonyl (C=O) groups is 2. The lowest BCUT2D eigenvalue weighted by atomic mass is 9.93. The van der Waals surface area contributed by atoms with Crippen molar-refractivity contribution in [2.45, 2.75) is 19.1 Å². The van der Waals surface area contributed by atoms with Crippen LogP contribution in [0.2, 0.25) is 0 Å². The summed E-state index contributed by atoms with van der Waals surface area (Å²) in [5, 5.41) is 2.67. The van der Waals surface area contributed by atoms with Gasteiger partial charge in [0.25, 0.3) is 0 Å². The van der Waals surface area contributed by atoms with Gasteiger partial charge in [0, 0.05) is 20.2 Å². The molecule has 0 saturated carbocycles. The SMILES string of the molecule is Cc1ccc(NC(=O)O[C@@H]2C(=O)c3cc(Br)ccc3O[C@H]2c2ccc3c(c2)OCO3)cc1Br. The van der Waals surface area contributed by atoms with Gasteiger partial charge in [-0.05, 0) is 55.0 Å². The molecule has 0 unspecified atom stereocenters. The van der Waals surface area contributed by atoms with Crippen LogP contribution in [0.5, 0.6) is 17.2 Å². The van der Waals surface area contributed by atoms with E-state index in [0.29, 0.717) is 38.5 Å². The zero-order valence-corrected chi connectivity index (χ0v) is 20.4. The highest BCUT2D eigenvalue weighted by Crippen LogP contribution is 2.41. The first-order valence-corrected chi connectivity index (χ1v) is 11.6. The highest BCUT2D eigenvalue weighted by molar-refractivity contribution is 9.10. The van der Waals surface area contributed by atoms with E-state index in [1.54, 1.807) is 48.5 Å². The highest BCUT2D eigenvalue weighted by Gasteiger charge is 2.42. The molecule has 0 fully saturated rings. The van der Waals surface area contributed by atoms with E-state index >= 15 is 0 Å². The second-order valence-corrected chi connectivity index (χ2v) is 9.34. The Hall–Kier alpha value is -3.04. The Morgan fingerprint density at radius 2 is 1.79 bits per heavy atom. The van der Waals surface area contributed by atoms with Crippen LogP contribution in [-0.4, -0.2) is 24.8 Å². The summed E-state index contributed by atoms with van der Waals surface area (Å²) in [7, 11) is 0. The van der Waals surface area contributed by atoms with Crippen molar-refractivity contribution in [2.24, 2.45) is 0 Å². The van der Waals surface area contributed by atoms with E-state index < -0.39 is 18.3 Å². The van der Waals surface area contributed by atoms with Crippen molar-refractivity contribution in [3.8, 4) is 17.2 Å². The van der Waals surface area contributed by atoms with Crippen LogP contribution in [0.1, 0.15) is 27.6 Å². The fourth-order valence-corrected chi connectivity index (χ4v) is 4.41. The number of halogens is 2.